The molecule has 38 heavy (non-hydrogen) atoms. The van der Waals surface area contributed by atoms with Crippen LogP contribution in [-0.4, -0.2) is 30.2 Å². The quantitative estimate of drug-likeness (QED) is 0.385. The fourth-order valence-corrected chi connectivity index (χ4v) is 4.09. The van der Waals surface area contributed by atoms with Crippen LogP contribution in [0.2, 0.25) is 0 Å². The molecule has 0 radical (unpaired) electrons. The van der Waals surface area contributed by atoms with Gasteiger partial charge in [-0.1, -0.05) is 72.5 Å². The Balaban J connectivity index is 1.71. The van der Waals surface area contributed by atoms with Crippen molar-refractivity contribution in [2.45, 2.75) is 38.5 Å². The Hall–Kier alpha value is -4.64. The molecule has 0 spiro atoms. The van der Waals surface area contributed by atoms with E-state index in [0.29, 0.717) is 5.56 Å². The second kappa shape index (κ2) is 10.8. The number of hydrogen-bond donors (Lipinski definition) is 1. The summed E-state index contributed by atoms with van der Waals surface area (Å²) in [6.07, 6.45) is -0.904. The second-order valence-electron chi connectivity index (χ2n) is 9.63. The first-order chi connectivity index (χ1) is 18.1. The van der Waals surface area contributed by atoms with Gasteiger partial charge in [0.1, 0.15) is 11.4 Å². The molecule has 1 heterocycles. The minimum absolute atomic E-state index is 0.00740. The number of fused-ring (bicyclic) bond motifs is 1. The number of rotatable bonds is 5. The lowest BCUT2D eigenvalue weighted by Gasteiger charge is -2.27. The first-order valence-corrected chi connectivity index (χ1v) is 12.0. The Bertz CT molecular complexity index is 1410. The number of amides is 2. The van der Waals surface area contributed by atoms with Gasteiger partial charge in [0.15, 0.2) is 6.61 Å². The molecule has 0 saturated heterocycles. The Kier molecular flexibility index (Phi) is 7.49. The van der Waals surface area contributed by atoms with Crippen molar-refractivity contribution in [2.75, 3.05) is 11.5 Å². The molecule has 8 heteroatoms. The van der Waals surface area contributed by atoms with Crippen LogP contribution in [-0.2, 0) is 26.4 Å². The summed E-state index contributed by atoms with van der Waals surface area (Å²) in [7, 11) is 0. The summed E-state index contributed by atoms with van der Waals surface area (Å²) < 4.78 is 25.8. The van der Waals surface area contributed by atoms with Gasteiger partial charge >= 0.3 is 12.1 Å². The molecular formula is C30H27FN2O5. The number of alkyl carbamates (subject to hydrolysis) is 1. The number of anilines is 1. The number of nitrogens with zero attached hydrogens (tertiary/aromatic N) is 1. The number of ether oxygens (including phenoxy) is 2. The van der Waals surface area contributed by atoms with Crippen LogP contribution in [0, 0.1) is 17.7 Å². The van der Waals surface area contributed by atoms with Crippen LogP contribution in [0.5, 0.6) is 0 Å². The number of hydrogen-bond acceptors (Lipinski definition) is 5. The van der Waals surface area contributed by atoms with Crippen LogP contribution in [0.15, 0.2) is 78.9 Å². The topological polar surface area (TPSA) is 84.9 Å². The van der Waals surface area contributed by atoms with Gasteiger partial charge in [0.25, 0.3) is 5.91 Å². The van der Waals surface area contributed by atoms with Gasteiger partial charge in [-0.25, -0.2) is 14.0 Å². The lowest BCUT2D eigenvalue weighted by molar-refractivity contribution is -0.122. The number of para-hydroxylation sites is 1. The number of carbonyl (C=O) groups is 3. The van der Waals surface area contributed by atoms with Crippen molar-refractivity contribution >= 4 is 23.7 Å². The first-order valence-electron chi connectivity index (χ1n) is 12.0. The molecule has 2 amide bonds. The Morgan fingerprint density at radius 1 is 0.974 bits per heavy atom. The van der Waals surface area contributed by atoms with Crippen molar-refractivity contribution in [3.8, 4) is 11.8 Å². The van der Waals surface area contributed by atoms with Crippen molar-refractivity contribution in [1.29, 1.82) is 0 Å². The maximum atomic E-state index is 15.2. The van der Waals surface area contributed by atoms with E-state index in [0.717, 1.165) is 5.56 Å². The molecule has 0 bridgehead atoms. The minimum atomic E-state index is -1.96. The van der Waals surface area contributed by atoms with E-state index in [1.54, 1.807) is 51.1 Å². The standard InChI is InChI=1S/C30H27FN2O5/c1-29(2,3)38-28(36)32-30(18-11-19-37-26(34)22-14-8-5-9-15-22)23-16-10-17-24(31)25(23)33(27(30)35)20-21-12-6-4-7-13-21/h4-10,12-17H,19-20H2,1-3H3,(H,32,36)/t30-/m0/s1. The fraction of sp³-hybridized carbons (Fsp3) is 0.233. The molecule has 3 aromatic rings. The molecule has 0 fully saturated rings. The minimum Gasteiger partial charge on any atom is -0.449 e. The maximum absolute atomic E-state index is 15.2. The molecule has 3 aromatic carbocycles. The van der Waals surface area contributed by atoms with Gasteiger partial charge in [0, 0.05) is 5.56 Å². The highest BCUT2D eigenvalue weighted by molar-refractivity contribution is 6.11. The average Bonchev–Trinajstić information content (AvgIpc) is 3.10. The third-order valence-corrected chi connectivity index (χ3v) is 5.66. The number of nitrogens with one attached hydrogen (secondary N) is 1. The molecule has 0 aliphatic carbocycles. The summed E-state index contributed by atoms with van der Waals surface area (Å²) in [6, 6.07) is 21.7. The maximum Gasteiger partial charge on any atom is 0.409 e. The summed E-state index contributed by atoms with van der Waals surface area (Å²) in [5.41, 5.74) is -1.56. The molecule has 1 N–H and O–H groups in total. The molecule has 1 atom stereocenters. The molecule has 0 saturated carbocycles. The van der Waals surface area contributed by atoms with E-state index in [1.165, 1.54) is 23.1 Å². The molecule has 194 valence electrons. The predicted molar refractivity (Wildman–Crippen MR) is 140 cm³/mol. The van der Waals surface area contributed by atoms with Gasteiger partial charge in [-0.3, -0.25) is 10.1 Å². The van der Waals surface area contributed by atoms with Gasteiger partial charge in [0.2, 0.25) is 5.54 Å². The van der Waals surface area contributed by atoms with Crippen LogP contribution >= 0.6 is 0 Å². The van der Waals surface area contributed by atoms with E-state index >= 15 is 4.39 Å². The zero-order chi connectivity index (χ0) is 27.3. The lowest BCUT2D eigenvalue weighted by Crippen LogP contribution is -2.53. The monoisotopic (exact) mass is 514 g/mol. The lowest BCUT2D eigenvalue weighted by atomic mass is 9.91. The van der Waals surface area contributed by atoms with Crippen molar-refractivity contribution in [2.24, 2.45) is 0 Å². The Morgan fingerprint density at radius 3 is 2.29 bits per heavy atom. The predicted octanol–water partition coefficient (Wildman–Crippen LogP) is 4.95. The van der Waals surface area contributed by atoms with Crippen LogP contribution in [0.25, 0.3) is 0 Å². The van der Waals surface area contributed by atoms with E-state index in [2.05, 4.69) is 17.2 Å². The number of halogens is 1. The number of benzene rings is 3. The SMILES string of the molecule is CC(C)(C)OC(=O)N[C@]1(C#CCOC(=O)c2ccccc2)C(=O)N(Cc2ccccc2)c2c(F)cccc21. The van der Waals surface area contributed by atoms with Gasteiger partial charge in [-0.2, -0.15) is 0 Å². The van der Waals surface area contributed by atoms with E-state index < -0.39 is 34.9 Å². The van der Waals surface area contributed by atoms with Gasteiger partial charge < -0.3 is 14.4 Å². The third kappa shape index (κ3) is 5.68. The van der Waals surface area contributed by atoms with E-state index in [1.807, 2.05) is 30.3 Å². The normalized spacial score (nSPS) is 16.2. The van der Waals surface area contributed by atoms with Crippen molar-refractivity contribution in [1.82, 2.24) is 5.32 Å². The molecule has 7 nitrogen and oxygen atoms in total. The number of carbonyl (C=O) groups excluding carboxylic acids is 3. The summed E-state index contributed by atoms with van der Waals surface area (Å²) >= 11 is 0. The molecule has 1 aliphatic heterocycles. The highest BCUT2D eigenvalue weighted by Gasteiger charge is 2.53. The zero-order valence-corrected chi connectivity index (χ0v) is 21.3. The van der Waals surface area contributed by atoms with E-state index in [4.69, 9.17) is 9.47 Å². The van der Waals surface area contributed by atoms with Crippen molar-refractivity contribution < 1.29 is 28.2 Å². The van der Waals surface area contributed by atoms with Crippen LogP contribution in [0.3, 0.4) is 0 Å². The van der Waals surface area contributed by atoms with Crippen LogP contribution in [0.1, 0.15) is 42.3 Å². The molecule has 0 unspecified atom stereocenters. The van der Waals surface area contributed by atoms with Crippen LogP contribution < -0.4 is 10.2 Å². The first kappa shape index (κ1) is 26.4. The second-order valence-corrected chi connectivity index (χ2v) is 9.63. The highest BCUT2D eigenvalue weighted by Crippen LogP contribution is 2.42. The molecule has 4 rings (SSSR count). The van der Waals surface area contributed by atoms with Gasteiger partial charge in [0.05, 0.1) is 17.8 Å². The molecule has 0 aromatic heterocycles. The Morgan fingerprint density at radius 2 is 1.63 bits per heavy atom. The summed E-state index contributed by atoms with van der Waals surface area (Å²) in [6.45, 7) is 4.73. The summed E-state index contributed by atoms with van der Waals surface area (Å²) in [5.74, 6) is 3.56. The van der Waals surface area contributed by atoms with Gasteiger partial charge in [-0.05, 0) is 44.5 Å². The summed E-state index contributed by atoms with van der Waals surface area (Å²) in [5, 5.41) is 2.58. The fourth-order valence-electron chi connectivity index (χ4n) is 4.09. The highest BCUT2D eigenvalue weighted by atomic mass is 19.1. The molecule has 1 aliphatic rings. The van der Waals surface area contributed by atoms with E-state index in [9.17, 15) is 14.4 Å². The third-order valence-electron chi connectivity index (χ3n) is 5.66. The van der Waals surface area contributed by atoms with Gasteiger partial charge in [-0.15, -0.1) is 0 Å². The largest absolute Gasteiger partial charge is 0.449 e. The van der Waals surface area contributed by atoms with E-state index in [-0.39, 0.29) is 24.4 Å². The smallest absolute Gasteiger partial charge is 0.409 e. The van der Waals surface area contributed by atoms with Crippen LogP contribution in [0.4, 0.5) is 14.9 Å². The Labute approximate surface area is 220 Å². The average molecular weight is 515 g/mol. The summed E-state index contributed by atoms with van der Waals surface area (Å²) in [4.78, 5) is 40.4. The molecular weight excluding hydrogens is 487 g/mol. The number of esters is 1. The van der Waals surface area contributed by atoms with Crippen molar-refractivity contribution in [3.05, 3.63) is 101 Å². The zero-order valence-electron chi connectivity index (χ0n) is 21.3. The van der Waals surface area contributed by atoms with Crippen molar-refractivity contribution in [3.63, 3.8) is 0 Å².